The molecule has 0 aromatic heterocycles. The molecule has 0 aliphatic rings. The monoisotopic (exact) mass is 475 g/mol. The Labute approximate surface area is 162 Å². The van der Waals surface area contributed by atoms with E-state index in [0.29, 0.717) is 0 Å². The van der Waals surface area contributed by atoms with Crippen LogP contribution in [-0.2, 0) is 6.54 Å². The zero-order valence-corrected chi connectivity index (χ0v) is 16.6. The summed E-state index contributed by atoms with van der Waals surface area (Å²) < 4.78 is 1.02. The van der Waals surface area contributed by atoms with Gasteiger partial charge in [0.25, 0.3) is 0 Å². The molecule has 0 amide bonds. The van der Waals surface area contributed by atoms with Crippen molar-refractivity contribution in [3.8, 4) is 0 Å². The summed E-state index contributed by atoms with van der Waals surface area (Å²) in [6.45, 7) is 7.86. The molecular formula is C17H22F6NSb-2. The van der Waals surface area contributed by atoms with Crippen molar-refractivity contribution >= 4 is 30.1 Å². The Morgan fingerprint density at radius 1 is 0.600 bits per heavy atom. The summed E-state index contributed by atoms with van der Waals surface area (Å²) in [6, 6.07) is 21.6. The topological polar surface area (TPSA) is 0 Å². The molecule has 0 atom stereocenters. The molecule has 25 heavy (non-hydrogen) atoms. The van der Waals surface area contributed by atoms with Gasteiger partial charge in [-0.25, -0.2) is 0 Å². The van der Waals surface area contributed by atoms with Crippen LogP contribution < -0.4 is 32.7 Å². The van der Waals surface area contributed by atoms with Gasteiger partial charge < -0.3 is 28.2 Å². The minimum absolute atomic E-state index is 0. The molecule has 0 saturated heterocycles. The zero-order valence-electron chi connectivity index (χ0n) is 14.1. The summed E-state index contributed by atoms with van der Waals surface area (Å²) in [5, 5.41) is 0. The molecule has 0 fully saturated rings. The van der Waals surface area contributed by atoms with Crippen molar-refractivity contribution in [3.63, 3.8) is 0 Å². The molecule has 0 heterocycles. The van der Waals surface area contributed by atoms with Gasteiger partial charge in [-0.05, 0) is 26.0 Å². The first-order valence-corrected chi connectivity index (χ1v) is 6.76. The van der Waals surface area contributed by atoms with Crippen LogP contribution in [0.4, 0.5) is 5.69 Å². The van der Waals surface area contributed by atoms with Crippen LogP contribution in [-0.4, -0.2) is 37.5 Å². The van der Waals surface area contributed by atoms with Crippen LogP contribution in [0, 0.1) is 0 Å². The number of nitrogens with zero attached hydrogens (tertiary/aromatic N) is 1. The number of rotatable bonds is 5. The number of hydrogen-bond donors (Lipinski definition) is 0. The van der Waals surface area contributed by atoms with E-state index >= 15 is 0 Å². The summed E-state index contributed by atoms with van der Waals surface area (Å²) in [4.78, 5) is 0. The van der Waals surface area contributed by atoms with Crippen molar-refractivity contribution in [2.24, 2.45) is 0 Å². The van der Waals surface area contributed by atoms with Crippen LogP contribution >= 0.6 is 0 Å². The first kappa shape index (κ1) is 39.0. The first-order chi connectivity index (χ1) is 8.80. The third kappa shape index (κ3) is 9.75. The molecule has 0 aliphatic carbocycles. The van der Waals surface area contributed by atoms with Crippen LogP contribution in [0.3, 0.4) is 0 Å². The number of halogens is 6. The van der Waals surface area contributed by atoms with E-state index in [4.69, 9.17) is 0 Å². The second kappa shape index (κ2) is 19.1. The van der Waals surface area contributed by atoms with E-state index in [2.05, 4.69) is 74.5 Å². The molecule has 0 saturated carbocycles. The first-order valence-electron chi connectivity index (χ1n) is 6.76. The van der Waals surface area contributed by atoms with Gasteiger partial charge in [0, 0.05) is 5.56 Å². The second-order valence-corrected chi connectivity index (χ2v) is 4.76. The van der Waals surface area contributed by atoms with Crippen LogP contribution in [0.15, 0.2) is 60.7 Å². The van der Waals surface area contributed by atoms with E-state index in [9.17, 15) is 0 Å². The molecule has 0 bridgehead atoms. The molecule has 0 spiro atoms. The number of benzene rings is 2. The van der Waals surface area contributed by atoms with E-state index in [-0.39, 0.29) is 52.7 Å². The van der Waals surface area contributed by atoms with Gasteiger partial charge in [-0.2, -0.15) is 0 Å². The number of hydrogen-bond acceptors (Lipinski definition) is 0. The van der Waals surface area contributed by atoms with Gasteiger partial charge in [-0.15, -0.1) is 0 Å². The second-order valence-electron chi connectivity index (χ2n) is 4.76. The smallest absolute Gasteiger partial charge is 1.00 e. The fraction of sp³-hybridized carbons (Fsp3) is 0.294. The van der Waals surface area contributed by atoms with Crippen LogP contribution in [0.2, 0.25) is 0 Å². The Morgan fingerprint density at radius 3 is 1.32 bits per heavy atom. The van der Waals surface area contributed by atoms with E-state index in [1.54, 1.807) is 0 Å². The average Bonchev–Trinajstić information content (AvgIpc) is 2.47. The maximum Gasteiger partial charge on any atom is 3.00 e. The predicted molar refractivity (Wildman–Crippen MR) is 85.2 cm³/mol. The van der Waals surface area contributed by atoms with Gasteiger partial charge in [0.2, 0.25) is 0 Å². The van der Waals surface area contributed by atoms with Crippen molar-refractivity contribution in [2.75, 3.05) is 13.1 Å². The van der Waals surface area contributed by atoms with Crippen LogP contribution in [0.25, 0.3) is 0 Å². The summed E-state index contributed by atoms with van der Waals surface area (Å²) in [7, 11) is 0. The standard InChI is InChI=1S/C17H22N.6FH.Sb/c1-3-18(4-2,17-13-9-6-10-14-17)15-16-11-7-5-8-12-16;;;;;;;/h5-14H,3-4,15H2,1-2H3;6*1H;/q+1;;;;;;;+3/p-6. The molecule has 0 unspecified atom stereocenters. The minimum atomic E-state index is 0. The summed E-state index contributed by atoms with van der Waals surface area (Å²) in [6.07, 6.45) is 0. The van der Waals surface area contributed by atoms with E-state index in [1.807, 2.05) is 0 Å². The van der Waals surface area contributed by atoms with Gasteiger partial charge in [0.15, 0.2) is 0 Å². The SMILES string of the molecule is CC[N+](CC)(Cc1ccccc1)c1ccccc1.[F-].[F-].[F-].[F-].[F-].[F-].[Sb+3]. The van der Waals surface area contributed by atoms with Crippen molar-refractivity contribution in [2.45, 2.75) is 20.4 Å². The van der Waals surface area contributed by atoms with Gasteiger partial charge in [-0.3, -0.25) is 4.48 Å². The van der Waals surface area contributed by atoms with Crippen molar-refractivity contribution in [3.05, 3.63) is 66.2 Å². The van der Waals surface area contributed by atoms with Crippen molar-refractivity contribution in [1.82, 2.24) is 4.48 Å². The molecule has 0 aliphatic heterocycles. The molecule has 0 N–H and O–H groups in total. The van der Waals surface area contributed by atoms with Crippen LogP contribution in [0.1, 0.15) is 19.4 Å². The normalized spacial score (nSPS) is 8.24. The predicted octanol–water partition coefficient (Wildman–Crippen LogP) is -14.1. The molecule has 1 nitrogen and oxygen atoms in total. The average molecular weight is 476 g/mol. The fourth-order valence-electron chi connectivity index (χ4n) is 2.58. The Hall–Kier alpha value is -1.20. The van der Waals surface area contributed by atoms with Gasteiger partial charge in [0.05, 0.1) is 13.1 Å². The molecule has 8 heteroatoms. The largest absolute Gasteiger partial charge is 3.00 e. The Balaban J connectivity index is -0.000000129. The third-order valence-electron chi connectivity index (χ3n) is 3.84. The van der Waals surface area contributed by atoms with Gasteiger partial charge >= 0.3 is 24.4 Å². The van der Waals surface area contributed by atoms with E-state index in [1.165, 1.54) is 11.3 Å². The summed E-state index contributed by atoms with van der Waals surface area (Å²) in [5.41, 5.74) is 2.82. The molecular weight excluding hydrogens is 454 g/mol. The molecule has 2 radical (unpaired) electrons. The fourth-order valence-corrected chi connectivity index (χ4v) is 2.58. The van der Waals surface area contributed by atoms with E-state index < -0.39 is 0 Å². The van der Waals surface area contributed by atoms with Crippen molar-refractivity contribution in [1.29, 1.82) is 0 Å². The van der Waals surface area contributed by atoms with Crippen molar-refractivity contribution < 1.29 is 28.2 Å². The number of para-hydroxylation sites is 1. The quantitative estimate of drug-likeness (QED) is 0.229. The molecule has 144 valence electrons. The maximum absolute atomic E-state index is 2.28. The molecule has 2 rings (SSSR count). The van der Waals surface area contributed by atoms with E-state index in [0.717, 1.165) is 24.1 Å². The van der Waals surface area contributed by atoms with Gasteiger partial charge in [-0.1, -0.05) is 48.5 Å². The minimum Gasteiger partial charge on any atom is -1.00 e. The third-order valence-corrected chi connectivity index (χ3v) is 3.84. The summed E-state index contributed by atoms with van der Waals surface area (Å²) in [5.74, 6) is 0. The molecule has 2 aromatic carbocycles. The van der Waals surface area contributed by atoms with Crippen LogP contribution in [0.5, 0.6) is 0 Å². The van der Waals surface area contributed by atoms with Gasteiger partial charge in [0.1, 0.15) is 12.2 Å². The Kier molecular flexibility index (Phi) is 29.9. The zero-order chi connectivity index (χ0) is 12.8. The Morgan fingerprint density at radius 2 is 0.960 bits per heavy atom. The maximum atomic E-state index is 2.28. The number of quaternary nitrogens is 1. The molecule has 2 aromatic rings. The Bertz CT molecular complexity index is 483. The summed E-state index contributed by atoms with van der Waals surface area (Å²) >= 11 is 0.